The van der Waals surface area contributed by atoms with Crippen LogP contribution in [0.3, 0.4) is 0 Å². The Hall–Kier alpha value is -0.190. The Morgan fingerprint density at radius 2 is 2.21 bits per heavy atom. The molecular formula is C10H15NOS2. The molecule has 1 N–H and O–H groups in total. The zero-order chi connectivity index (χ0) is 10.4. The zero-order valence-corrected chi connectivity index (χ0v) is 10.0. The molecule has 2 nitrogen and oxygen atoms in total. The normalized spacial score (nSPS) is 13.1. The van der Waals surface area contributed by atoms with E-state index in [1.165, 1.54) is 0 Å². The van der Waals surface area contributed by atoms with E-state index < -0.39 is 0 Å². The molecule has 1 atom stereocenters. The molecule has 1 unspecified atom stereocenters. The zero-order valence-electron chi connectivity index (χ0n) is 8.38. The van der Waals surface area contributed by atoms with Crippen LogP contribution in [0, 0.1) is 5.92 Å². The predicted octanol–water partition coefficient (Wildman–Crippen LogP) is 2.84. The second kappa shape index (κ2) is 6.32. The summed E-state index contributed by atoms with van der Waals surface area (Å²) in [6, 6.07) is 5.85. The van der Waals surface area contributed by atoms with Gasteiger partial charge in [-0.1, -0.05) is 30.7 Å². The van der Waals surface area contributed by atoms with Gasteiger partial charge in [-0.25, -0.2) is 4.98 Å². The molecule has 0 saturated heterocycles. The molecule has 1 aromatic rings. The molecule has 0 aromatic carbocycles. The molecule has 1 rings (SSSR count). The molecule has 0 bridgehead atoms. The highest BCUT2D eigenvalue weighted by molar-refractivity contribution is 8.76. The highest BCUT2D eigenvalue weighted by atomic mass is 33.1. The van der Waals surface area contributed by atoms with Crippen molar-refractivity contribution >= 4 is 21.6 Å². The van der Waals surface area contributed by atoms with Gasteiger partial charge in [-0.05, 0) is 28.8 Å². The van der Waals surface area contributed by atoms with Gasteiger partial charge in [-0.2, -0.15) is 0 Å². The van der Waals surface area contributed by atoms with Crippen LogP contribution in [0.4, 0.5) is 0 Å². The number of aliphatic hydroxyl groups is 1. The molecule has 0 fully saturated rings. The Bertz CT molecular complexity index is 254. The Kier molecular flexibility index (Phi) is 5.37. The van der Waals surface area contributed by atoms with Crippen LogP contribution in [0.5, 0.6) is 0 Å². The van der Waals surface area contributed by atoms with Gasteiger partial charge in [0, 0.05) is 11.4 Å². The van der Waals surface area contributed by atoms with E-state index in [4.69, 9.17) is 5.11 Å². The van der Waals surface area contributed by atoms with Gasteiger partial charge in [0.1, 0.15) is 5.03 Å². The van der Waals surface area contributed by atoms with Crippen LogP contribution in [0.1, 0.15) is 13.8 Å². The van der Waals surface area contributed by atoms with E-state index in [-0.39, 0.29) is 11.9 Å². The van der Waals surface area contributed by atoms with E-state index in [9.17, 15) is 0 Å². The highest BCUT2D eigenvalue weighted by Gasteiger charge is 2.13. The smallest absolute Gasteiger partial charge is 0.106 e. The van der Waals surface area contributed by atoms with Gasteiger partial charge in [-0.15, -0.1) is 0 Å². The van der Waals surface area contributed by atoms with Gasteiger partial charge >= 0.3 is 0 Å². The quantitative estimate of drug-likeness (QED) is 0.787. The summed E-state index contributed by atoms with van der Waals surface area (Å²) in [6.07, 6.45) is 1.78. The first-order valence-corrected chi connectivity index (χ1v) is 6.80. The van der Waals surface area contributed by atoms with Crippen molar-refractivity contribution in [3.63, 3.8) is 0 Å². The lowest BCUT2D eigenvalue weighted by atomic mass is 10.1. The molecule has 14 heavy (non-hydrogen) atoms. The molecule has 0 amide bonds. The van der Waals surface area contributed by atoms with Gasteiger partial charge in [0.15, 0.2) is 0 Å². The number of pyridine rings is 1. The van der Waals surface area contributed by atoms with E-state index in [2.05, 4.69) is 18.8 Å². The first-order valence-electron chi connectivity index (χ1n) is 4.59. The Labute approximate surface area is 92.9 Å². The first-order chi connectivity index (χ1) is 6.74. The molecule has 0 aliphatic carbocycles. The van der Waals surface area contributed by atoms with Crippen LogP contribution in [-0.4, -0.2) is 21.9 Å². The summed E-state index contributed by atoms with van der Waals surface area (Å²) in [6.45, 7) is 4.46. The molecule has 0 aliphatic heterocycles. The summed E-state index contributed by atoms with van der Waals surface area (Å²) in [7, 11) is 3.31. The number of hydrogen-bond acceptors (Lipinski definition) is 4. The topological polar surface area (TPSA) is 33.1 Å². The molecule has 4 heteroatoms. The Morgan fingerprint density at radius 1 is 1.43 bits per heavy atom. The average molecular weight is 229 g/mol. The molecule has 0 spiro atoms. The summed E-state index contributed by atoms with van der Waals surface area (Å²) < 4.78 is 0. The van der Waals surface area contributed by atoms with Gasteiger partial charge in [0.05, 0.1) is 6.61 Å². The lowest BCUT2D eigenvalue weighted by Crippen LogP contribution is -2.14. The molecule has 0 saturated carbocycles. The van der Waals surface area contributed by atoms with Gasteiger partial charge < -0.3 is 5.11 Å². The fraction of sp³-hybridized carbons (Fsp3) is 0.500. The Balaban J connectivity index is 2.40. The molecule has 1 aromatic heterocycles. The average Bonchev–Trinajstić information content (AvgIpc) is 2.20. The largest absolute Gasteiger partial charge is 0.395 e. The van der Waals surface area contributed by atoms with Crippen LogP contribution in [0.2, 0.25) is 0 Å². The number of aromatic nitrogens is 1. The van der Waals surface area contributed by atoms with Crippen molar-refractivity contribution in [1.82, 2.24) is 4.98 Å². The van der Waals surface area contributed by atoms with Crippen LogP contribution in [-0.2, 0) is 0 Å². The summed E-state index contributed by atoms with van der Waals surface area (Å²) in [4.78, 5) is 4.20. The number of hydrogen-bond donors (Lipinski definition) is 1. The monoisotopic (exact) mass is 229 g/mol. The SMILES string of the molecule is CC(C)C(CO)SSc1ccccn1. The van der Waals surface area contributed by atoms with E-state index in [0.29, 0.717) is 5.92 Å². The molecule has 0 radical (unpaired) electrons. The van der Waals surface area contributed by atoms with Gasteiger partial charge in [0.25, 0.3) is 0 Å². The summed E-state index contributed by atoms with van der Waals surface area (Å²) in [5.74, 6) is 0.487. The maximum atomic E-state index is 9.12. The van der Waals surface area contributed by atoms with Crippen molar-refractivity contribution in [3.05, 3.63) is 24.4 Å². The molecular weight excluding hydrogens is 214 g/mol. The van der Waals surface area contributed by atoms with Crippen molar-refractivity contribution < 1.29 is 5.11 Å². The standard InChI is InChI=1S/C10H15NOS2/c1-8(2)9(7-12)13-14-10-5-3-4-6-11-10/h3-6,8-9,12H,7H2,1-2H3. The summed E-state index contributed by atoms with van der Waals surface area (Å²) in [5.41, 5.74) is 0. The fourth-order valence-electron chi connectivity index (χ4n) is 0.860. The van der Waals surface area contributed by atoms with Crippen LogP contribution < -0.4 is 0 Å². The van der Waals surface area contributed by atoms with Crippen molar-refractivity contribution in [2.24, 2.45) is 5.92 Å². The second-order valence-electron chi connectivity index (χ2n) is 3.31. The van der Waals surface area contributed by atoms with Crippen molar-refractivity contribution in [1.29, 1.82) is 0 Å². The third-order valence-electron chi connectivity index (χ3n) is 1.82. The summed E-state index contributed by atoms with van der Waals surface area (Å²) >= 11 is 0. The third-order valence-corrected chi connectivity index (χ3v) is 4.81. The van der Waals surface area contributed by atoms with E-state index >= 15 is 0 Å². The van der Waals surface area contributed by atoms with Crippen molar-refractivity contribution in [2.45, 2.75) is 24.1 Å². The third kappa shape index (κ3) is 3.90. The fourth-order valence-corrected chi connectivity index (χ4v) is 3.41. The molecule has 1 heterocycles. The van der Waals surface area contributed by atoms with Gasteiger partial charge in [0.2, 0.25) is 0 Å². The Morgan fingerprint density at radius 3 is 2.71 bits per heavy atom. The molecule has 0 aliphatic rings. The van der Waals surface area contributed by atoms with E-state index in [1.807, 2.05) is 18.2 Å². The minimum atomic E-state index is 0.224. The molecule has 78 valence electrons. The van der Waals surface area contributed by atoms with Crippen LogP contribution >= 0.6 is 21.6 Å². The number of nitrogens with zero attached hydrogens (tertiary/aromatic N) is 1. The lowest BCUT2D eigenvalue weighted by Gasteiger charge is -2.15. The van der Waals surface area contributed by atoms with Crippen molar-refractivity contribution in [2.75, 3.05) is 6.61 Å². The maximum Gasteiger partial charge on any atom is 0.106 e. The number of rotatable bonds is 5. The summed E-state index contributed by atoms with van der Waals surface area (Å²) in [5, 5.41) is 10.4. The van der Waals surface area contributed by atoms with Crippen LogP contribution in [0.15, 0.2) is 29.4 Å². The van der Waals surface area contributed by atoms with E-state index in [0.717, 1.165) is 5.03 Å². The highest BCUT2D eigenvalue weighted by Crippen LogP contribution is 2.35. The van der Waals surface area contributed by atoms with Crippen LogP contribution in [0.25, 0.3) is 0 Å². The predicted molar refractivity (Wildman–Crippen MR) is 63.4 cm³/mol. The van der Waals surface area contributed by atoms with E-state index in [1.54, 1.807) is 27.8 Å². The van der Waals surface area contributed by atoms with Gasteiger partial charge in [-0.3, -0.25) is 0 Å². The number of aliphatic hydroxyl groups excluding tert-OH is 1. The van der Waals surface area contributed by atoms with Crippen molar-refractivity contribution in [3.8, 4) is 0 Å². The maximum absolute atomic E-state index is 9.12. The lowest BCUT2D eigenvalue weighted by molar-refractivity contribution is 0.275. The first kappa shape index (κ1) is 11.9. The second-order valence-corrected chi connectivity index (χ2v) is 5.77. The minimum Gasteiger partial charge on any atom is -0.395 e. The minimum absolute atomic E-state index is 0.224.